The van der Waals surface area contributed by atoms with Crippen LogP contribution in [0.2, 0.25) is 0 Å². The second-order valence-corrected chi connectivity index (χ2v) is 14.1. The first-order valence-corrected chi connectivity index (χ1v) is 19.4. The van der Waals surface area contributed by atoms with Gasteiger partial charge in [-0.25, -0.2) is 15.0 Å². The number of hydrogen-bond acceptors (Lipinski definition) is 4. The van der Waals surface area contributed by atoms with Crippen LogP contribution < -0.4 is 0 Å². The third-order valence-electron chi connectivity index (χ3n) is 10.4. The van der Waals surface area contributed by atoms with Crippen molar-refractivity contribution >= 4 is 33.1 Å². The molecule has 270 valence electrons. The molecule has 3 aliphatic carbocycles. The summed E-state index contributed by atoms with van der Waals surface area (Å²) < 4.78 is 6.45. The summed E-state index contributed by atoms with van der Waals surface area (Å²) in [6, 6.07) is 21.1. The highest BCUT2D eigenvalue weighted by Crippen LogP contribution is 2.39. The third kappa shape index (κ3) is 7.81. The minimum atomic E-state index is 0.614. The zero-order valence-electron chi connectivity index (χ0n) is 31.3. The molecule has 4 heteroatoms. The van der Waals surface area contributed by atoms with Crippen molar-refractivity contribution in [1.29, 1.82) is 0 Å². The average Bonchev–Trinajstić information content (AvgIpc) is 3.63. The molecule has 2 aromatic heterocycles. The van der Waals surface area contributed by atoms with Gasteiger partial charge in [0.05, 0.1) is 0 Å². The molecule has 3 aromatic carbocycles. The quantitative estimate of drug-likeness (QED) is 0.121. The Bertz CT molecular complexity index is 2580. The largest absolute Gasteiger partial charge is 0.456 e. The summed E-state index contributed by atoms with van der Waals surface area (Å²) in [6.07, 6.45) is 39.9. The van der Waals surface area contributed by atoms with Crippen LogP contribution in [0.1, 0.15) is 66.9 Å². The number of fused-ring (bicyclic) bond motifs is 3. The number of allylic oxidation sites excluding steroid dienone is 19. The summed E-state index contributed by atoms with van der Waals surface area (Å²) >= 11 is 0. The van der Waals surface area contributed by atoms with Gasteiger partial charge in [-0.3, -0.25) is 0 Å². The Morgan fingerprint density at radius 2 is 1.58 bits per heavy atom. The number of benzene rings is 3. The highest BCUT2D eigenvalue weighted by molar-refractivity contribution is 6.12. The lowest BCUT2D eigenvalue weighted by molar-refractivity contribution is 0.669. The van der Waals surface area contributed by atoms with Crippen molar-refractivity contribution in [1.82, 2.24) is 15.0 Å². The van der Waals surface area contributed by atoms with E-state index in [0.717, 1.165) is 100 Å². The summed E-state index contributed by atoms with van der Waals surface area (Å²) in [4.78, 5) is 15.9. The molecule has 55 heavy (non-hydrogen) atoms. The molecular formula is C51H45N3O. The number of para-hydroxylation sites is 1. The molecule has 0 aliphatic heterocycles. The Balaban J connectivity index is 1.30. The Morgan fingerprint density at radius 3 is 2.38 bits per heavy atom. The molecule has 5 aromatic rings. The number of rotatable bonds is 12. The molecule has 3 aliphatic rings. The summed E-state index contributed by atoms with van der Waals surface area (Å²) in [7, 11) is 0. The molecule has 0 amide bonds. The molecule has 0 atom stereocenters. The molecular weight excluding hydrogens is 671 g/mol. The van der Waals surface area contributed by atoms with Crippen molar-refractivity contribution in [2.45, 2.75) is 51.4 Å². The molecule has 2 heterocycles. The maximum absolute atomic E-state index is 6.45. The number of nitrogens with zero attached hydrogens (tertiary/aromatic N) is 3. The van der Waals surface area contributed by atoms with Crippen molar-refractivity contribution in [3.63, 3.8) is 0 Å². The molecule has 0 N–H and O–H groups in total. The van der Waals surface area contributed by atoms with Crippen LogP contribution in [0, 0.1) is 0 Å². The average molecular weight is 716 g/mol. The van der Waals surface area contributed by atoms with Gasteiger partial charge in [0.25, 0.3) is 0 Å². The van der Waals surface area contributed by atoms with Crippen molar-refractivity contribution in [2.24, 2.45) is 0 Å². The van der Waals surface area contributed by atoms with E-state index >= 15 is 0 Å². The van der Waals surface area contributed by atoms with E-state index in [1.807, 2.05) is 30.4 Å². The SMILES string of the molecule is C=C/C=C(/c1nc(C2=CCCC=C2)nc(-c2c(C/C=C\C=C(/C=C)C3=CCCC=C3)ccc3oc4ccccc4c23)n1)c1ccccc1CC1=CC=CCC1. The van der Waals surface area contributed by atoms with E-state index in [4.69, 9.17) is 19.4 Å². The van der Waals surface area contributed by atoms with Crippen LogP contribution in [0.25, 0.3) is 44.5 Å². The van der Waals surface area contributed by atoms with Crippen molar-refractivity contribution in [3.05, 3.63) is 210 Å². The van der Waals surface area contributed by atoms with Crippen LogP contribution in [0.4, 0.5) is 0 Å². The van der Waals surface area contributed by atoms with E-state index in [1.54, 1.807) is 0 Å². The maximum Gasteiger partial charge on any atom is 0.165 e. The molecule has 0 fully saturated rings. The van der Waals surface area contributed by atoms with Gasteiger partial charge in [-0.15, -0.1) is 0 Å². The summed E-state index contributed by atoms with van der Waals surface area (Å²) in [5.74, 6) is 1.89. The van der Waals surface area contributed by atoms with Gasteiger partial charge in [0, 0.05) is 27.5 Å². The molecule has 8 rings (SSSR count). The number of aromatic nitrogens is 3. The monoisotopic (exact) mass is 715 g/mol. The Morgan fingerprint density at radius 1 is 0.745 bits per heavy atom. The van der Waals surface area contributed by atoms with Crippen molar-refractivity contribution in [3.8, 4) is 11.4 Å². The van der Waals surface area contributed by atoms with Crippen LogP contribution in [0.15, 0.2) is 186 Å². The lowest BCUT2D eigenvalue weighted by Gasteiger charge is -2.17. The molecule has 0 saturated carbocycles. The minimum Gasteiger partial charge on any atom is -0.456 e. The van der Waals surface area contributed by atoms with Crippen molar-refractivity contribution < 1.29 is 4.42 Å². The highest BCUT2D eigenvalue weighted by atomic mass is 16.3. The van der Waals surface area contributed by atoms with E-state index in [2.05, 4.69) is 135 Å². The zero-order valence-corrected chi connectivity index (χ0v) is 31.3. The fourth-order valence-electron chi connectivity index (χ4n) is 7.66. The number of furan rings is 1. The predicted octanol–water partition coefficient (Wildman–Crippen LogP) is 13.1. The van der Waals surface area contributed by atoms with Gasteiger partial charge in [-0.05, 0) is 91.3 Å². The first kappa shape index (κ1) is 35.6. The summed E-state index contributed by atoms with van der Waals surface area (Å²) in [6.45, 7) is 8.22. The topological polar surface area (TPSA) is 51.8 Å². The molecule has 4 nitrogen and oxygen atoms in total. The van der Waals surface area contributed by atoms with E-state index < -0.39 is 0 Å². The minimum absolute atomic E-state index is 0.614. The standard InChI is InChI=1S/C51H45N3O/c1-3-20-43(42-30-17-16-29-41(42)35-36-21-8-5-9-22-36)50-52-49(40-27-12-7-13-28-40)53-51(54-50)47-39(26-15-14-23-37(4-2)38-24-10-6-11-25-38)33-34-46-48(47)44-31-18-19-32-45(44)55-46/h3-5,8,10,12,14-21,23-25,27-34H,1-2,6-7,9,11,13,22,26,35H2/b15-14-,37-23+,43-20+. The molecule has 0 spiro atoms. The second kappa shape index (κ2) is 16.7. The van der Waals surface area contributed by atoms with Crippen molar-refractivity contribution in [2.75, 3.05) is 0 Å². The van der Waals surface area contributed by atoms with Gasteiger partial charge in [0.15, 0.2) is 17.5 Å². The van der Waals surface area contributed by atoms with Gasteiger partial charge in [0.2, 0.25) is 0 Å². The molecule has 0 saturated heterocycles. The summed E-state index contributed by atoms with van der Waals surface area (Å²) in [5.41, 5.74) is 11.7. The summed E-state index contributed by atoms with van der Waals surface area (Å²) in [5, 5.41) is 2.04. The Kier molecular flexibility index (Phi) is 10.8. The van der Waals surface area contributed by atoms with Gasteiger partial charge in [0.1, 0.15) is 11.2 Å². The van der Waals surface area contributed by atoms with Crippen LogP contribution in [-0.4, -0.2) is 15.0 Å². The third-order valence-corrected chi connectivity index (χ3v) is 10.4. The van der Waals surface area contributed by atoms with E-state index in [0.29, 0.717) is 23.9 Å². The lowest BCUT2D eigenvalue weighted by Crippen LogP contribution is -2.08. The van der Waals surface area contributed by atoms with Gasteiger partial charge >= 0.3 is 0 Å². The maximum atomic E-state index is 6.45. The van der Waals surface area contributed by atoms with Gasteiger partial charge in [-0.2, -0.15) is 0 Å². The first-order valence-electron chi connectivity index (χ1n) is 19.4. The lowest BCUT2D eigenvalue weighted by atomic mass is 9.91. The van der Waals surface area contributed by atoms with Crippen LogP contribution >= 0.6 is 0 Å². The molecule has 0 bridgehead atoms. The normalized spacial score (nSPS) is 16.1. The van der Waals surface area contributed by atoms with Gasteiger partial charge < -0.3 is 4.42 Å². The first-order chi connectivity index (χ1) is 27.2. The molecule has 0 unspecified atom stereocenters. The van der Waals surface area contributed by atoms with Crippen LogP contribution in [0.5, 0.6) is 0 Å². The molecule has 0 radical (unpaired) electrons. The van der Waals surface area contributed by atoms with E-state index in [1.165, 1.54) is 16.7 Å². The van der Waals surface area contributed by atoms with Gasteiger partial charge in [-0.1, -0.05) is 158 Å². The second-order valence-electron chi connectivity index (χ2n) is 14.1. The van der Waals surface area contributed by atoms with Crippen LogP contribution in [-0.2, 0) is 12.8 Å². The fourth-order valence-corrected chi connectivity index (χ4v) is 7.66. The zero-order chi connectivity index (χ0) is 37.4. The Hall–Kier alpha value is -6.39. The highest BCUT2D eigenvalue weighted by Gasteiger charge is 2.23. The van der Waals surface area contributed by atoms with E-state index in [9.17, 15) is 0 Å². The number of hydrogen-bond donors (Lipinski definition) is 0. The predicted molar refractivity (Wildman–Crippen MR) is 230 cm³/mol. The Labute approximate surface area is 324 Å². The fraction of sp³-hybridized carbons (Fsp3) is 0.157. The smallest absolute Gasteiger partial charge is 0.165 e. The van der Waals surface area contributed by atoms with E-state index in [-0.39, 0.29) is 0 Å². The van der Waals surface area contributed by atoms with Crippen LogP contribution in [0.3, 0.4) is 0 Å².